The number of nitrogens with one attached hydrogen (secondary N) is 1. The number of hydrogen-bond acceptors (Lipinski definition) is 19. The summed E-state index contributed by atoms with van der Waals surface area (Å²) in [6, 6.07) is 8.36. The maximum atomic E-state index is 6.15. The molecular weight excluding hydrogens is 1070 g/mol. The van der Waals surface area contributed by atoms with E-state index in [-0.39, 0.29) is 35.2 Å². The molecule has 0 aliphatic carbocycles. The van der Waals surface area contributed by atoms with Crippen molar-refractivity contribution in [2.24, 2.45) is 45.9 Å². The minimum absolute atomic E-state index is 0.116. The molecule has 5 rings (SSSR count). The first-order valence-electron chi connectivity index (χ1n) is 35.0. The van der Waals surface area contributed by atoms with Crippen molar-refractivity contribution in [1.29, 1.82) is 0 Å². The summed E-state index contributed by atoms with van der Waals surface area (Å²) in [7, 11) is 2.03. The lowest BCUT2D eigenvalue weighted by atomic mass is 9.99. The molecule has 5 saturated heterocycles. The van der Waals surface area contributed by atoms with Crippen LogP contribution in [0.4, 0.5) is 0 Å². The standard InChI is InChI=1S/3C14H32N4.C13H29N3.C12H28N4/c1-11-7-17(9-13(3,4)15)8-12(2)18(11)10-14(5,6)16;1-9-7-17(13(5)11(3)15)8-10(2)18(9)14(6)12(4)16;1-5-13(15)9-17-7-11(3)18(12(4)8-17)10-14(16)6-2;1-5-6-8-16-12(2)10-15(9-7-14-4)11-13(16)3;1-9(13)5-15-7-11(3)16(6-10(2)14)12(4)8-15/h11-12H,7-10,15-16H2,1-6H3;9-14H,7-8,15-16H2,1-6H3;11-14H,5-10,15-16H2,1-4H3;12-14H,5-11H2,1-4H3;9-12H,5-8,13-14H2,1-4H3. The lowest BCUT2D eigenvalue weighted by molar-refractivity contribution is -0.0117. The van der Waals surface area contributed by atoms with E-state index in [1.54, 1.807) is 0 Å². The largest absolute Gasteiger partial charge is 0.327 e. The number of piperazine rings is 5. The Kier molecular flexibility index (Phi) is 39.7. The zero-order valence-electron chi connectivity index (χ0n) is 61.2. The summed E-state index contributed by atoms with van der Waals surface area (Å²) in [4.78, 5) is 25.4. The predicted molar refractivity (Wildman–Crippen MR) is 376 cm³/mol. The Morgan fingerprint density at radius 1 is 0.407 bits per heavy atom. The van der Waals surface area contributed by atoms with Gasteiger partial charge in [-0.15, -0.1) is 0 Å². The molecular formula is C67H153N19. The van der Waals surface area contributed by atoms with Crippen molar-refractivity contribution in [3.63, 3.8) is 0 Å². The molecule has 516 valence electrons. The molecule has 0 aromatic heterocycles. The van der Waals surface area contributed by atoms with Crippen LogP contribution in [0.2, 0.25) is 0 Å². The highest BCUT2D eigenvalue weighted by Crippen LogP contribution is 2.24. The molecule has 19 heteroatoms. The van der Waals surface area contributed by atoms with Gasteiger partial charge in [0, 0.05) is 238 Å². The molecule has 5 aliphatic rings. The third-order valence-electron chi connectivity index (χ3n) is 19.0. The third-order valence-corrected chi connectivity index (χ3v) is 19.0. The topological polar surface area (TPSA) is 253 Å². The molecule has 0 saturated carbocycles. The molecule has 17 N–H and O–H groups in total. The van der Waals surface area contributed by atoms with Gasteiger partial charge in [0.1, 0.15) is 0 Å². The van der Waals surface area contributed by atoms with Gasteiger partial charge in [0.15, 0.2) is 0 Å². The van der Waals surface area contributed by atoms with E-state index in [9.17, 15) is 0 Å². The molecule has 18 atom stereocenters. The number of unbranched alkanes of at least 4 members (excludes halogenated alkanes) is 1. The Labute approximate surface area is 534 Å². The highest BCUT2D eigenvalue weighted by Gasteiger charge is 2.38. The van der Waals surface area contributed by atoms with Crippen LogP contribution in [0, 0.1) is 0 Å². The van der Waals surface area contributed by atoms with Crippen molar-refractivity contribution < 1.29 is 0 Å². The van der Waals surface area contributed by atoms with Gasteiger partial charge in [0.05, 0.1) is 0 Å². The lowest BCUT2D eigenvalue weighted by Crippen LogP contribution is -2.64. The first-order valence-corrected chi connectivity index (χ1v) is 35.0. The Hall–Kier alpha value is -0.760. The molecule has 18 unspecified atom stereocenters. The molecule has 5 fully saturated rings. The summed E-state index contributed by atoms with van der Waals surface area (Å²) in [6.45, 7) is 71.7. The number of nitrogens with zero attached hydrogens (tertiary/aromatic N) is 10. The van der Waals surface area contributed by atoms with Gasteiger partial charge in [0.2, 0.25) is 0 Å². The van der Waals surface area contributed by atoms with E-state index < -0.39 is 0 Å². The number of nitrogens with two attached hydrogens (primary N) is 8. The summed E-state index contributed by atoms with van der Waals surface area (Å²) in [5, 5.41) is 3.23. The Bertz CT molecular complexity index is 1640. The molecule has 86 heavy (non-hydrogen) atoms. The summed E-state index contributed by atoms with van der Waals surface area (Å²) < 4.78 is 0. The second-order valence-electron chi connectivity index (χ2n) is 30.5. The maximum absolute atomic E-state index is 6.15. The molecule has 0 bridgehead atoms. The Balaban J connectivity index is 0.000000538. The smallest absolute Gasteiger partial charge is 0.0226 e. The molecule has 0 amide bonds. The molecule has 0 radical (unpaired) electrons. The average Bonchev–Trinajstić information content (AvgIpc) is 1.33. The molecule has 0 aromatic carbocycles. The van der Waals surface area contributed by atoms with Crippen LogP contribution < -0.4 is 51.2 Å². The maximum Gasteiger partial charge on any atom is 0.0226 e. The van der Waals surface area contributed by atoms with Gasteiger partial charge in [-0.05, 0) is 171 Å². The van der Waals surface area contributed by atoms with E-state index in [1.165, 1.54) is 39.0 Å². The van der Waals surface area contributed by atoms with Crippen LogP contribution in [0.1, 0.15) is 185 Å². The van der Waals surface area contributed by atoms with Crippen molar-refractivity contribution in [1.82, 2.24) is 54.3 Å². The van der Waals surface area contributed by atoms with Crippen molar-refractivity contribution in [2.75, 3.05) is 131 Å². The van der Waals surface area contributed by atoms with Crippen LogP contribution in [0.25, 0.3) is 0 Å². The number of rotatable bonds is 24. The van der Waals surface area contributed by atoms with E-state index in [4.69, 9.17) is 45.9 Å². The van der Waals surface area contributed by atoms with Gasteiger partial charge in [-0.25, -0.2) is 0 Å². The van der Waals surface area contributed by atoms with Gasteiger partial charge in [0.25, 0.3) is 0 Å². The fourth-order valence-electron chi connectivity index (χ4n) is 14.3. The molecule has 19 nitrogen and oxygen atoms in total. The second-order valence-corrected chi connectivity index (χ2v) is 30.5. The SMILES string of the molecule is CC(N)C(C)N1CC(C)N(C(C)C(C)N)C(C)C1.CC(N)CN1CC(C)N(CC(C)N)C(C)C1.CC1CN(CC(C)(C)N)CC(C)N1CC(C)(C)N.CCC(N)CN1CC(C)N(CC(N)CC)C(C)C1.CCCCN1C(C)CN(CCNC)CC1C. The minimum atomic E-state index is -0.127. The van der Waals surface area contributed by atoms with Crippen LogP contribution in [0.15, 0.2) is 0 Å². The number of likely N-dealkylation sites (N-methyl/N-ethyl adjacent to an activating group) is 1. The average molecular weight is 1230 g/mol. The van der Waals surface area contributed by atoms with Gasteiger partial charge in [-0.2, -0.15) is 0 Å². The van der Waals surface area contributed by atoms with Gasteiger partial charge in [-0.1, -0.05) is 27.2 Å². The monoisotopic (exact) mass is 1220 g/mol. The van der Waals surface area contributed by atoms with E-state index in [2.05, 4.69) is 214 Å². The first kappa shape index (κ1) is 83.3. The zero-order chi connectivity index (χ0) is 66.1. The summed E-state index contributed by atoms with van der Waals surface area (Å²) in [6.07, 6.45) is 4.76. The van der Waals surface area contributed by atoms with Crippen LogP contribution in [-0.4, -0.2) is 300 Å². The van der Waals surface area contributed by atoms with E-state index in [0.717, 1.165) is 111 Å². The summed E-state index contributed by atoms with van der Waals surface area (Å²) in [5.41, 5.74) is 48.0. The highest BCUT2D eigenvalue weighted by molar-refractivity contribution is 4.95. The van der Waals surface area contributed by atoms with Crippen molar-refractivity contribution in [3.05, 3.63) is 0 Å². The molecule has 5 heterocycles. The van der Waals surface area contributed by atoms with Crippen molar-refractivity contribution in [2.45, 2.75) is 305 Å². The predicted octanol–water partition coefficient (Wildman–Crippen LogP) is 4.04. The van der Waals surface area contributed by atoms with Crippen molar-refractivity contribution in [3.8, 4) is 0 Å². The zero-order valence-corrected chi connectivity index (χ0v) is 61.2. The quantitative estimate of drug-likeness (QED) is 0.0662. The van der Waals surface area contributed by atoms with Crippen LogP contribution in [-0.2, 0) is 0 Å². The summed E-state index contributed by atoms with van der Waals surface area (Å²) in [5.74, 6) is 0. The lowest BCUT2D eigenvalue weighted by Gasteiger charge is -2.50. The third kappa shape index (κ3) is 31.7. The van der Waals surface area contributed by atoms with Crippen LogP contribution in [0.3, 0.4) is 0 Å². The molecule has 0 spiro atoms. The van der Waals surface area contributed by atoms with Gasteiger partial charge in [-0.3, -0.25) is 49.0 Å². The van der Waals surface area contributed by atoms with Gasteiger partial charge >= 0.3 is 0 Å². The van der Waals surface area contributed by atoms with Crippen LogP contribution >= 0.6 is 0 Å². The Morgan fingerprint density at radius 3 is 1.14 bits per heavy atom. The van der Waals surface area contributed by atoms with E-state index in [0.29, 0.717) is 84.6 Å². The van der Waals surface area contributed by atoms with Crippen molar-refractivity contribution >= 4 is 0 Å². The normalized spacial score (nSPS) is 30.8. The van der Waals surface area contributed by atoms with E-state index in [1.807, 2.05) is 7.05 Å². The van der Waals surface area contributed by atoms with E-state index >= 15 is 0 Å². The fraction of sp³-hybridized carbons (Fsp3) is 1.00. The Morgan fingerprint density at radius 2 is 0.767 bits per heavy atom. The van der Waals surface area contributed by atoms with Crippen LogP contribution in [0.5, 0.6) is 0 Å². The highest BCUT2D eigenvalue weighted by atomic mass is 15.4. The summed E-state index contributed by atoms with van der Waals surface area (Å²) >= 11 is 0. The second kappa shape index (κ2) is 41.1. The number of hydrogen-bond donors (Lipinski definition) is 9. The molecule has 0 aromatic rings. The first-order chi connectivity index (χ1) is 39.8. The van der Waals surface area contributed by atoms with Gasteiger partial charge < -0.3 is 51.2 Å². The fourth-order valence-corrected chi connectivity index (χ4v) is 14.3. The minimum Gasteiger partial charge on any atom is -0.327 e. The molecule has 5 aliphatic heterocycles.